The summed E-state index contributed by atoms with van der Waals surface area (Å²) in [6.45, 7) is 6.92. The number of aryl methyl sites for hydroxylation is 1. The van der Waals surface area contributed by atoms with E-state index in [9.17, 15) is 0 Å². The first-order valence-corrected chi connectivity index (χ1v) is 14.8. The first-order chi connectivity index (χ1) is 20.5. The van der Waals surface area contributed by atoms with Crippen molar-refractivity contribution in [2.24, 2.45) is 0 Å². The van der Waals surface area contributed by atoms with Crippen molar-refractivity contribution in [3.8, 4) is 22.5 Å². The summed E-state index contributed by atoms with van der Waals surface area (Å²) < 4.78 is 4.88. The minimum atomic E-state index is -0.0534. The molecular weight excluding hydrogens is 508 g/mol. The number of fused-ring (bicyclic) bond motifs is 9. The van der Waals surface area contributed by atoms with Crippen molar-refractivity contribution in [1.82, 2.24) is 9.13 Å². The summed E-state index contributed by atoms with van der Waals surface area (Å²) in [4.78, 5) is 0. The maximum absolute atomic E-state index is 2.47. The normalized spacial score (nSPS) is 13.8. The van der Waals surface area contributed by atoms with E-state index in [1.54, 1.807) is 0 Å². The minimum Gasteiger partial charge on any atom is -0.309 e. The molecule has 0 aliphatic heterocycles. The van der Waals surface area contributed by atoms with Crippen molar-refractivity contribution in [1.29, 1.82) is 0 Å². The predicted octanol–water partition coefficient (Wildman–Crippen LogP) is 10.5. The van der Waals surface area contributed by atoms with Crippen LogP contribution >= 0.6 is 0 Å². The van der Waals surface area contributed by atoms with Crippen molar-refractivity contribution in [3.05, 3.63) is 144 Å². The number of aromatic nitrogens is 2. The fourth-order valence-corrected chi connectivity index (χ4v) is 7.58. The minimum absolute atomic E-state index is 0.0534. The highest BCUT2D eigenvalue weighted by Crippen LogP contribution is 2.51. The molecule has 8 aromatic rings. The summed E-state index contributed by atoms with van der Waals surface area (Å²) >= 11 is 0. The summed E-state index contributed by atoms with van der Waals surface area (Å²) in [5.41, 5.74) is 14.1. The first kappa shape index (κ1) is 23.6. The Labute approximate surface area is 245 Å². The van der Waals surface area contributed by atoms with E-state index >= 15 is 0 Å². The molecule has 2 heterocycles. The molecule has 0 saturated heterocycles. The van der Waals surface area contributed by atoms with Gasteiger partial charge in [-0.2, -0.15) is 0 Å². The van der Waals surface area contributed by atoms with Crippen LogP contribution in [0.3, 0.4) is 0 Å². The lowest BCUT2D eigenvalue weighted by Gasteiger charge is -2.21. The highest BCUT2D eigenvalue weighted by molar-refractivity contribution is 6.12. The second-order valence-corrected chi connectivity index (χ2v) is 12.3. The Balaban J connectivity index is 1.35. The number of hydrogen-bond donors (Lipinski definition) is 0. The van der Waals surface area contributed by atoms with Gasteiger partial charge < -0.3 is 9.13 Å². The van der Waals surface area contributed by atoms with E-state index in [1.165, 1.54) is 82.8 Å². The van der Waals surface area contributed by atoms with E-state index in [4.69, 9.17) is 0 Å². The summed E-state index contributed by atoms with van der Waals surface area (Å²) in [7, 11) is 0. The lowest BCUT2D eigenvalue weighted by Crippen LogP contribution is -2.15. The van der Waals surface area contributed by atoms with Crippen LogP contribution in [0.15, 0.2) is 127 Å². The molecule has 0 spiro atoms. The Morgan fingerprint density at radius 1 is 0.429 bits per heavy atom. The Kier molecular flexibility index (Phi) is 4.63. The molecular formula is C40H30N2. The van der Waals surface area contributed by atoms with E-state index in [0.29, 0.717) is 0 Å². The molecule has 6 aromatic carbocycles. The Morgan fingerprint density at radius 3 is 1.76 bits per heavy atom. The van der Waals surface area contributed by atoms with E-state index in [-0.39, 0.29) is 5.41 Å². The average molecular weight is 539 g/mol. The van der Waals surface area contributed by atoms with Crippen LogP contribution in [-0.2, 0) is 5.41 Å². The molecule has 2 nitrogen and oxygen atoms in total. The summed E-state index contributed by atoms with van der Waals surface area (Å²) in [6, 6.07) is 47.2. The van der Waals surface area contributed by atoms with Crippen molar-refractivity contribution in [2.75, 3.05) is 0 Å². The second-order valence-electron chi connectivity index (χ2n) is 12.3. The third-order valence-electron chi connectivity index (χ3n) is 9.55. The zero-order valence-electron chi connectivity index (χ0n) is 24.0. The third-order valence-corrected chi connectivity index (χ3v) is 9.55. The zero-order valence-corrected chi connectivity index (χ0v) is 24.0. The number of nitrogens with zero attached hydrogens (tertiary/aromatic N) is 2. The number of hydrogen-bond acceptors (Lipinski definition) is 0. The number of para-hydroxylation sites is 2. The largest absolute Gasteiger partial charge is 0.309 e. The van der Waals surface area contributed by atoms with E-state index in [1.807, 2.05) is 0 Å². The second kappa shape index (κ2) is 8.24. The van der Waals surface area contributed by atoms with Gasteiger partial charge in [0.25, 0.3) is 0 Å². The van der Waals surface area contributed by atoms with Crippen LogP contribution in [0.25, 0.3) is 66.1 Å². The molecule has 0 unspecified atom stereocenters. The monoisotopic (exact) mass is 538 g/mol. The standard InChI is InChI=1S/C40H30N2/c1-25-19-20-38-32(21-25)33-23-31-28-13-4-7-16-34(28)40(2,3)35(31)24-39(33)42(38)27-12-10-11-26(22-27)41-36-17-8-5-14-29(36)30-15-6-9-18-37(30)41/h4-24H,1-3H3. The molecule has 0 amide bonds. The summed E-state index contributed by atoms with van der Waals surface area (Å²) in [5, 5.41) is 5.17. The van der Waals surface area contributed by atoms with Gasteiger partial charge in [0.1, 0.15) is 0 Å². The topological polar surface area (TPSA) is 9.86 Å². The highest BCUT2D eigenvalue weighted by atomic mass is 15.0. The molecule has 1 aliphatic rings. The van der Waals surface area contributed by atoms with Gasteiger partial charge in [-0.25, -0.2) is 0 Å². The van der Waals surface area contributed by atoms with Gasteiger partial charge in [-0.05, 0) is 83.8 Å². The molecule has 9 rings (SSSR count). The Morgan fingerprint density at radius 2 is 1.02 bits per heavy atom. The van der Waals surface area contributed by atoms with Gasteiger partial charge in [0.15, 0.2) is 0 Å². The maximum Gasteiger partial charge on any atom is 0.0544 e. The van der Waals surface area contributed by atoms with Crippen LogP contribution in [0.5, 0.6) is 0 Å². The zero-order chi connectivity index (χ0) is 28.2. The van der Waals surface area contributed by atoms with Crippen molar-refractivity contribution >= 4 is 43.6 Å². The fraction of sp³-hybridized carbons (Fsp3) is 0.100. The lowest BCUT2D eigenvalue weighted by atomic mass is 9.82. The molecule has 0 atom stereocenters. The number of benzene rings is 6. The van der Waals surface area contributed by atoms with Crippen molar-refractivity contribution < 1.29 is 0 Å². The molecule has 2 heteroatoms. The van der Waals surface area contributed by atoms with Crippen LogP contribution in [-0.4, -0.2) is 9.13 Å². The third kappa shape index (κ3) is 3.04. The van der Waals surface area contributed by atoms with Gasteiger partial charge in [-0.1, -0.05) is 92.2 Å². The summed E-state index contributed by atoms with van der Waals surface area (Å²) in [6.07, 6.45) is 0. The lowest BCUT2D eigenvalue weighted by molar-refractivity contribution is 0.661. The molecule has 0 radical (unpaired) electrons. The predicted molar refractivity (Wildman–Crippen MR) is 177 cm³/mol. The highest BCUT2D eigenvalue weighted by Gasteiger charge is 2.36. The molecule has 0 saturated carbocycles. The first-order valence-electron chi connectivity index (χ1n) is 14.8. The molecule has 2 aromatic heterocycles. The van der Waals surface area contributed by atoms with Gasteiger partial charge in [-0.3, -0.25) is 0 Å². The quantitative estimate of drug-likeness (QED) is 0.207. The van der Waals surface area contributed by atoms with Crippen LogP contribution < -0.4 is 0 Å². The van der Waals surface area contributed by atoms with E-state index < -0.39 is 0 Å². The molecule has 1 aliphatic carbocycles. The van der Waals surface area contributed by atoms with Gasteiger partial charge in [0.2, 0.25) is 0 Å². The van der Waals surface area contributed by atoms with E-state index in [0.717, 1.165) is 0 Å². The number of rotatable bonds is 2. The van der Waals surface area contributed by atoms with Gasteiger partial charge in [0.05, 0.1) is 22.1 Å². The molecule has 200 valence electrons. The van der Waals surface area contributed by atoms with Gasteiger partial charge in [-0.15, -0.1) is 0 Å². The van der Waals surface area contributed by atoms with Crippen LogP contribution in [0.2, 0.25) is 0 Å². The SMILES string of the molecule is Cc1ccc2c(c1)c1cc3c(cc1n2-c1cccc(-n2c4ccccc4c4ccccc42)c1)C(C)(C)c1ccccc1-3. The van der Waals surface area contributed by atoms with Crippen molar-refractivity contribution in [3.63, 3.8) is 0 Å². The molecule has 0 fully saturated rings. The van der Waals surface area contributed by atoms with E-state index in [2.05, 4.69) is 157 Å². The smallest absolute Gasteiger partial charge is 0.0544 e. The van der Waals surface area contributed by atoms with Gasteiger partial charge >= 0.3 is 0 Å². The van der Waals surface area contributed by atoms with Crippen LogP contribution in [0.4, 0.5) is 0 Å². The Bertz CT molecular complexity index is 2340. The van der Waals surface area contributed by atoms with Crippen LogP contribution in [0.1, 0.15) is 30.5 Å². The molecule has 0 N–H and O–H groups in total. The van der Waals surface area contributed by atoms with Crippen molar-refractivity contribution in [2.45, 2.75) is 26.2 Å². The Hall–Kier alpha value is -5.08. The van der Waals surface area contributed by atoms with Crippen LogP contribution in [0, 0.1) is 6.92 Å². The molecule has 0 bridgehead atoms. The van der Waals surface area contributed by atoms with Gasteiger partial charge in [0, 0.05) is 38.3 Å². The fourth-order valence-electron chi connectivity index (χ4n) is 7.58. The molecule has 42 heavy (non-hydrogen) atoms. The summed E-state index contributed by atoms with van der Waals surface area (Å²) in [5.74, 6) is 0. The maximum atomic E-state index is 2.47. The average Bonchev–Trinajstić information content (AvgIpc) is 3.60.